The third-order valence-electron chi connectivity index (χ3n) is 3.63. The average Bonchev–Trinajstić information content (AvgIpc) is 2.12. The van der Waals surface area contributed by atoms with Gasteiger partial charge >= 0.3 is 0 Å². The number of aliphatic hydroxyl groups excluding tert-OH is 3. The summed E-state index contributed by atoms with van der Waals surface area (Å²) < 4.78 is 0. The van der Waals surface area contributed by atoms with Crippen molar-refractivity contribution in [2.45, 2.75) is 65.3 Å². The van der Waals surface area contributed by atoms with E-state index in [4.69, 9.17) is 0 Å². The molecular formula is C13H24O3. The van der Waals surface area contributed by atoms with E-state index < -0.39 is 12.2 Å². The fourth-order valence-corrected chi connectivity index (χ4v) is 2.65. The van der Waals surface area contributed by atoms with Crippen LogP contribution in [0.1, 0.15) is 47.0 Å². The third kappa shape index (κ3) is 2.84. The monoisotopic (exact) mass is 228 g/mol. The van der Waals surface area contributed by atoms with E-state index in [2.05, 4.69) is 13.8 Å². The van der Waals surface area contributed by atoms with Gasteiger partial charge in [-0.2, -0.15) is 0 Å². The molecule has 1 rings (SSSR count). The van der Waals surface area contributed by atoms with E-state index in [1.165, 1.54) is 5.57 Å². The Morgan fingerprint density at radius 1 is 1.38 bits per heavy atom. The molecule has 16 heavy (non-hydrogen) atoms. The van der Waals surface area contributed by atoms with Crippen LogP contribution in [0.3, 0.4) is 0 Å². The second kappa shape index (κ2) is 4.86. The first-order chi connectivity index (χ1) is 7.25. The summed E-state index contributed by atoms with van der Waals surface area (Å²) in [6.45, 7) is 7.83. The molecule has 3 N–H and O–H groups in total. The summed E-state index contributed by atoms with van der Waals surface area (Å²) in [4.78, 5) is 0. The van der Waals surface area contributed by atoms with Gasteiger partial charge in [0, 0.05) is 0 Å². The van der Waals surface area contributed by atoms with Crippen LogP contribution in [-0.4, -0.2) is 33.6 Å². The van der Waals surface area contributed by atoms with Crippen LogP contribution in [0.2, 0.25) is 0 Å². The molecule has 0 aromatic carbocycles. The first kappa shape index (κ1) is 13.7. The smallest absolute Gasteiger partial charge is 0.101 e. The molecule has 0 aromatic rings. The third-order valence-corrected chi connectivity index (χ3v) is 3.63. The Balaban J connectivity index is 2.90. The van der Waals surface area contributed by atoms with Crippen LogP contribution < -0.4 is 0 Å². The Kier molecular flexibility index (Phi) is 4.16. The lowest BCUT2D eigenvalue weighted by atomic mass is 9.69. The minimum absolute atomic E-state index is 0.0857. The minimum atomic E-state index is -0.739. The van der Waals surface area contributed by atoms with Crippen molar-refractivity contribution in [2.75, 3.05) is 0 Å². The number of rotatable bonds is 3. The molecule has 0 unspecified atom stereocenters. The van der Waals surface area contributed by atoms with Gasteiger partial charge in [-0.25, -0.2) is 0 Å². The first-order valence-corrected chi connectivity index (χ1v) is 6.00. The Morgan fingerprint density at radius 3 is 2.44 bits per heavy atom. The summed E-state index contributed by atoms with van der Waals surface area (Å²) in [5, 5.41) is 28.9. The zero-order valence-electron chi connectivity index (χ0n) is 10.7. The van der Waals surface area contributed by atoms with Crippen molar-refractivity contribution in [1.82, 2.24) is 0 Å². The van der Waals surface area contributed by atoms with Crippen LogP contribution in [0, 0.1) is 5.41 Å². The van der Waals surface area contributed by atoms with Crippen LogP contribution in [0.15, 0.2) is 11.1 Å². The lowest BCUT2D eigenvalue weighted by molar-refractivity contribution is 0.00417. The topological polar surface area (TPSA) is 60.7 Å². The zero-order chi connectivity index (χ0) is 12.5. The molecule has 94 valence electrons. The van der Waals surface area contributed by atoms with E-state index >= 15 is 0 Å². The van der Waals surface area contributed by atoms with Crippen molar-refractivity contribution < 1.29 is 15.3 Å². The number of aliphatic hydroxyl groups is 3. The van der Waals surface area contributed by atoms with Gasteiger partial charge in [0.15, 0.2) is 0 Å². The highest BCUT2D eigenvalue weighted by Gasteiger charge is 2.37. The molecule has 0 amide bonds. The maximum absolute atomic E-state index is 9.84. The van der Waals surface area contributed by atoms with Crippen molar-refractivity contribution in [3.8, 4) is 0 Å². The average molecular weight is 228 g/mol. The van der Waals surface area contributed by atoms with Gasteiger partial charge in [0.1, 0.15) is 6.10 Å². The number of hydrogen-bond acceptors (Lipinski definition) is 3. The van der Waals surface area contributed by atoms with Gasteiger partial charge in [0.2, 0.25) is 0 Å². The van der Waals surface area contributed by atoms with Crippen molar-refractivity contribution in [3.63, 3.8) is 0 Å². The van der Waals surface area contributed by atoms with E-state index in [0.29, 0.717) is 12.8 Å². The minimum Gasteiger partial charge on any atom is -0.393 e. The largest absolute Gasteiger partial charge is 0.393 e. The molecular weight excluding hydrogens is 204 g/mol. The van der Waals surface area contributed by atoms with Crippen molar-refractivity contribution in [2.24, 2.45) is 5.41 Å². The summed E-state index contributed by atoms with van der Waals surface area (Å²) in [5.74, 6) is 0. The Bertz CT molecular complexity index is 279. The predicted octanol–water partition coefficient (Wildman–Crippen LogP) is 1.62. The molecule has 0 spiro atoms. The van der Waals surface area contributed by atoms with E-state index in [-0.39, 0.29) is 11.5 Å². The van der Waals surface area contributed by atoms with Gasteiger partial charge in [-0.05, 0) is 44.1 Å². The molecule has 1 aliphatic rings. The summed E-state index contributed by atoms with van der Waals surface area (Å²) in [5.41, 5.74) is 1.98. The molecule has 0 heterocycles. The Hall–Kier alpha value is -0.380. The normalized spacial score (nSPS) is 31.7. The lowest BCUT2D eigenvalue weighted by Gasteiger charge is -2.40. The summed E-state index contributed by atoms with van der Waals surface area (Å²) in [6, 6.07) is 0. The van der Waals surface area contributed by atoms with Crippen LogP contribution in [-0.2, 0) is 0 Å². The molecule has 3 heteroatoms. The molecule has 3 nitrogen and oxygen atoms in total. The molecule has 0 saturated heterocycles. The Morgan fingerprint density at radius 2 is 1.94 bits per heavy atom. The van der Waals surface area contributed by atoms with Crippen molar-refractivity contribution >= 4 is 0 Å². The van der Waals surface area contributed by atoms with Crippen LogP contribution in [0.4, 0.5) is 0 Å². The van der Waals surface area contributed by atoms with Gasteiger partial charge in [-0.3, -0.25) is 0 Å². The van der Waals surface area contributed by atoms with E-state index in [9.17, 15) is 15.3 Å². The van der Waals surface area contributed by atoms with Crippen LogP contribution >= 0.6 is 0 Å². The SMILES string of the molecule is CC1=C(CC[C@@H](C)O)C(C)(C)C[C@H](O)[C@@H]1O. The highest BCUT2D eigenvalue weighted by molar-refractivity contribution is 5.27. The second-order valence-electron chi connectivity index (χ2n) is 5.65. The molecule has 3 atom stereocenters. The highest BCUT2D eigenvalue weighted by Crippen LogP contribution is 2.42. The maximum Gasteiger partial charge on any atom is 0.101 e. The van der Waals surface area contributed by atoms with Gasteiger partial charge in [-0.15, -0.1) is 0 Å². The first-order valence-electron chi connectivity index (χ1n) is 6.00. The van der Waals surface area contributed by atoms with Gasteiger partial charge in [0.25, 0.3) is 0 Å². The summed E-state index contributed by atoms with van der Waals surface area (Å²) >= 11 is 0. The lowest BCUT2D eigenvalue weighted by Crippen LogP contribution is -2.39. The summed E-state index contributed by atoms with van der Waals surface area (Å²) in [6.07, 6.45) is 0.363. The van der Waals surface area contributed by atoms with E-state index in [1.807, 2.05) is 6.92 Å². The second-order valence-corrected chi connectivity index (χ2v) is 5.65. The zero-order valence-corrected chi connectivity index (χ0v) is 10.7. The fraction of sp³-hybridized carbons (Fsp3) is 0.846. The molecule has 0 fully saturated rings. The molecule has 0 radical (unpaired) electrons. The molecule has 0 bridgehead atoms. The standard InChI is InChI=1S/C13H24O3/c1-8(14)5-6-10-9(2)12(16)11(15)7-13(10,3)4/h8,11-12,14-16H,5-7H2,1-4H3/t8-,11+,12-/m1/s1. The number of hydrogen-bond donors (Lipinski definition) is 3. The predicted molar refractivity (Wildman–Crippen MR) is 64.0 cm³/mol. The van der Waals surface area contributed by atoms with Crippen LogP contribution in [0.5, 0.6) is 0 Å². The van der Waals surface area contributed by atoms with Crippen molar-refractivity contribution in [3.05, 3.63) is 11.1 Å². The van der Waals surface area contributed by atoms with E-state index in [0.717, 1.165) is 12.0 Å². The van der Waals surface area contributed by atoms with Crippen LogP contribution in [0.25, 0.3) is 0 Å². The highest BCUT2D eigenvalue weighted by atomic mass is 16.3. The van der Waals surface area contributed by atoms with Crippen molar-refractivity contribution in [1.29, 1.82) is 0 Å². The quantitative estimate of drug-likeness (QED) is 0.643. The van der Waals surface area contributed by atoms with Gasteiger partial charge in [0.05, 0.1) is 12.2 Å². The summed E-state index contributed by atoms with van der Waals surface area (Å²) in [7, 11) is 0. The number of allylic oxidation sites excluding steroid dienone is 1. The molecule has 0 aliphatic heterocycles. The molecule has 0 aromatic heterocycles. The Labute approximate surface area is 97.8 Å². The fourth-order valence-electron chi connectivity index (χ4n) is 2.65. The van der Waals surface area contributed by atoms with Gasteiger partial charge in [-0.1, -0.05) is 19.4 Å². The molecule has 1 aliphatic carbocycles. The van der Waals surface area contributed by atoms with Gasteiger partial charge < -0.3 is 15.3 Å². The maximum atomic E-state index is 9.84. The van der Waals surface area contributed by atoms with E-state index in [1.54, 1.807) is 6.92 Å². The molecule has 0 saturated carbocycles.